The molecule has 1 unspecified atom stereocenters. The molecule has 4 N–H and O–H groups in total. The predicted octanol–water partition coefficient (Wildman–Crippen LogP) is -0.427. The maximum absolute atomic E-state index is 12.0. The summed E-state index contributed by atoms with van der Waals surface area (Å²) in [7, 11) is 4.32. The fraction of sp³-hybridized carbons (Fsp3) is 0.769. The lowest BCUT2D eigenvalue weighted by Crippen LogP contribution is -2.47. The van der Waals surface area contributed by atoms with E-state index in [1.54, 1.807) is 7.05 Å². The largest absolute Gasteiger partial charge is 0.453 e. The van der Waals surface area contributed by atoms with Gasteiger partial charge in [-0.05, 0) is 26.3 Å². The molecule has 0 aromatic heterocycles. The molecule has 0 aromatic rings. The highest BCUT2D eigenvalue weighted by Gasteiger charge is 2.20. The maximum atomic E-state index is 12.0. The Morgan fingerprint density at radius 2 is 1.59 bits per heavy atom. The van der Waals surface area contributed by atoms with Crippen molar-refractivity contribution in [3.63, 3.8) is 0 Å². The topological polar surface area (TPSA) is 118 Å². The van der Waals surface area contributed by atoms with E-state index in [1.807, 2.05) is 0 Å². The third kappa shape index (κ3) is 9.81. The van der Waals surface area contributed by atoms with Gasteiger partial charge in [-0.1, -0.05) is 0 Å². The highest BCUT2D eigenvalue weighted by atomic mass is 16.5. The van der Waals surface area contributed by atoms with Crippen LogP contribution in [0.15, 0.2) is 0 Å². The average Bonchev–Trinajstić information content (AvgIpc) is 2.52. The second-order valence-electron chi connectivity index (χ2n) is 4.50. The molecule has 0 rings (SSSR count). The zero-order valence-corrected chi connectivity index (χ0v) is 13.4. The number of rotatable bonds is 10. The lowest BCUT2D eigenvalue weighted by molar-refractivity contribution is -0.123. The van der Waals surface area contributed by atoms with Gasteiger partial charge >= 0.3 is 12.2 Å². The van der Waals surface area contributed by atoms with Crippen molar-refractivity contribution in [2.45, 2.75) is 25.3 Å². The minimum absolute atomic E-state index is 0.262. The summed E-state index contributed by atoms with van der Waals surface area (Å²) in [5.41, 5.74) is 0. The normalized spacial score (nSPS) is 11.2. The Bertz CT molecular complexity index is 351. The number of nitrogens with one attached hydrogen (secondary N) is 4. The maximum Gasteiger partial charge on any atom is 0.407 e. The Kier molecular flexibility index (Phi) is 11.5. The number of likely N-dealkylation sites (N-methyl/N-ethyl adjacent to an activating group) is 1. The Morgan fingerprint density at radius 1 is 0.909 bits per heavy atom. The molecule has 0 radical (unpaired) electrons. The number of hydrogen-bond acceptors (Lipinski definition) is 6. The van der Waals surface area contributed by atoms with E-state index in [0.717, 1.165) is 0 Å². The summed E-state index contributed by atoms with van der Waals surface area (Å²) in [6, 6.07) is -0.664. The SMILES string of the molecule is CNCCNC(=O)C(CCCCNC(=O)OC)NC(=O)OC. The van der Waals surface area contributed by atoms with Crippen LogP contribution in [0, 0.1) is 0 Å². The van der Waals surface area contributed by atoms with Crippen molar-refractivity contribution in [3.8, 4) is 0 Å². The molecule has 0 bridgehead atoms. The van der Waals surface area contributed by atoms with Gasteiger partial charge in [-0.25, -0.2) is 9.59 Å². The van der Waals surface area contributed by atoms with Gasteiger partial charge in [0, 0.05) is 19.6 Å². The molecule has 0 aromatic carbocycles. The van der Waals surface area contributed by atoms with Crippen LogP contribution in [0.2, 0.25) is 0 Å². The van der Waals surface area contributed by atoms with E-state index in [9.17, 15) is 14.4 Å². The lowest BCUT2D eigenvalue weighted by Gasteiger charge is -2.17. The van der Waals surface area contributed by atoms with Gasteiger partial charge < -0.3 is 30.7 Å². The van der Waals surface area contributed by atoms with Crippen LogP contribution in [0.3, 0.4) is 0 Å². The van der Waals surface area contributed by atoms with Gasteiger partial charge in [0.2, 0.25) is 5.91 Å². The van der Waals surface area contributed by atoms with E-state index in [1.165, 1.54) is 14.2 Å². The van der Waals surface area contributed by atoms with Gasteiger partial charge in [-0.2, -0.15) is 0 Å². The van der Waals surface area contributed by atoms with Gasteiger partial charge in [-0.3, -0.25) is 4.79 Å². The molecule has 0 aliphatic heterocycles. The molecule has 0 fully saturated rings. The third-order valence-corrected chi connectivity index (χ3v) is 2.84. The van der Waals surface area contributed by atoms with E-state index in [0.29, 0.717) is 38.9 Å². The summed E-state index contributed by atoms with van der Waals surface area (Å²) in [4.78, 5) is 34.1. The number of alkyl carbamates (subject to hydrolysis) is 2. The van der Waals surface area contributed by atoms with Gasteiger partial charge in [0.25, 0.3) is 0 Å². The molecule has 1 atom stereocenters. The molecule has 0 spiro atoms. The van der Waals surface area contributed by atoms with E-state index in [4.69, 9.17) is 0 Å². The number of carbonyl (C=O) groups excluding carboxylic acids is 3. The number of unbranched alkanes of at least 4 members (excludes halogenated alkanes) is 1. The fourth-order valence-electron chi connectivity index (χ4n) is 1.64. The summed E-state index contributed by atoms with van der Waals surface area (Å²) < 4.78 is 8.96. The first-order valence-electron chi connectivity index (χ1n) is 7.13. The predicted molar refractivity (Wildman–Crippen MR) is 80.5 cm³/mol. The third-order valence-electron chi connectivity index (χ3n) is 2.84. The van der Waals surface area contributed by atoms with E-state index in [2.05, 4.69) is 30.7 Å². The first kappa shape index (κ1) is 20.0. The van der Waals surface area contributed by atoms with Crippen LogP contribution in [0.4, 0.5) is 9.59 Å². The van der Waals surface area contributed by atoms with Crippen LogP contribution in [0.1, 0.15) is 19.3 Å². The number of hydrogen-bond donors (Lipinski definition) is 4. The zero-order valence-electron chi connectivity index (χ0n) is 13.4. The highest BCUT2D eigenvalue weighted by molar-refractivity contribution is 5.85. The van der Waals surface area contributed by atoms with Crippen molar-refractivity contribution in [2.75, 3.05) is 40.9 Å². The van der Waals surface area contributed by atoms with Gasteiger partial charge in [0.1, 0.15) is 6.04 Å². The van der Waals surface area contributed by atoms with Crippen molar-refractivity contribution >= 4 is 18.1 Å². The first-order chi connectivity index (χ1) is 10.5. The summed E-state index contributed by atoms with van der Waals surface area (Å²) in [5.74, 6) is -0.262. The molecule has 128 valence electrons. The molecule has 22 heavy (non-hydrogen) atoms. The monoisotopic (exact) mass is 318 g/mol. The van der Waals surface area contributed by atoms with Gasteiger partial charge in [-0.15, -0.1) is 0 Å². The molecular weight excluding hydrogens is 292 g/mol. The number of methoxy groups -OCH3 is 2. The standard InChI is InChI=1S/C13H26N4O5/c1-14-8-9-15-11(18)10(17-13(20)22-3)6-4-5-7-16-12(19)21-2/h10,14H,4-9H2,1-3H3,(H,15,18)(H,16,19)(H,17,20). The summed E-state index contributed by atoms with van der Waals surface area (Å²) in [6.45, 7) is 1.55. The van der Waals surface area contributed by atoms with Crippen molar-refractivity contribution in [3.05, 3.63) is 0 Å². The van der Waals surface area contributed by atoms with Crippen molar-refractivity contribution in [1.82, 2.24) is 21.3 Å². The number of ether oxygens (including phenoxy) is 2. The van der Waals surface area contributed by atoms with Crippen LogP contribution in [-0.2, 0) is 14.3 Å². The molecule has 0 saturated carbocycles. The molecule has 0 saturated heterocycles. The van der Waals surface area contributed by atoms with Crippen molar-refractivity contribution in [2.24, 2.45) is 0 Å². The molecule has 0 heterocycles. The van der Waals surface area contributed by atoms with E-state index in [-0.39, 0.29) is 5.91 Å². The van der Waals surface area contributed by atoms with Gasteiger partial charge in [0.15, 0.2) is 0 Å². The summed E-state index contributed by atoms with van der Waals surface area (Å²) in [6.07, 6.45) is 0.621. The highest BCUT2D eigenvalue weighted by Crippen LogP contribution is 2.02. The minimum Gasteiger partial charge on any atom is -0.453 e. The second-order valence-corrected chi connectivity index (χ2v) is 4.50. The lowest BCUT2D eigenvalue weighted by atomic mass is 10.1. The van der Waals surface area contributed by atoms with Crippen molar-refractivity contribution in [1.29, 1.82) is 0 Å². The van der Waals surface area contributed by atoms with E-state index >= 15 is 0 Å². The Morgan fingerprint density at radius 3 is 2.18 bits per heavy atom. The summed E-state index contributed by atoms with van der Waals surface area (Å²) in [5, 5.41) is 10.7. The molecule has 3 amide bonds. The molecule has 0 aliphatic rings. The van der Waals surface area contributed by atoms with Crippen LogP contribution in [0.5, 0.6) is 0 Å². The molecule has 9 nitrogen and oxygen atoms in total. The molecular formula is C13H26N4O5. The van der Waals surface area contributed by atoms with Crippen LogP contribution < -0.4 is 21.3 Å². The quantitative estimate of drug-likeness (QED) is 0.406. The Hall–Kier alpha value is -2.03. The van der Waals surface area contributed by atoms with E-state index < -0.39 is 18.2 Å². The zero-order chi connectivity index (χ0) is 16.8. The first-order valence-corrected chi connectivity index (χ1v) is 7.13. The average molecular weight is 318 g/mol. The summed E-state index contributed by atoms with van der Waals surface area (Å²) >= 11 is 0. The smallest absolute Gasteiger partial charge is 0.407 e. The minimum atomic E-state index is -0.664. The van der Waals surface area contributed by atoms with Crippen molar-refractivity contribution < 1.29 is 23.9 Å². The number of carbonyl (C=O) groups is 3. The van der Waals surface area contributed by atoms with Gasteiger partial charge in [0.05, 0.1) is 14.2 Å². The fourth-order valence-corrected chi connectivity index (χ4v) is 1.64. The Balaban J connectivity index is 4.14. The molecule has 9 heteroatoms. The molecule has 0 aliphatic carbocycles. The Labute approximate surface area is 130 Å². The number of amides is 3. The van der Waals surface area contributed by atoms with Crippen LogP contribution in [0.25, 0.3) is 0 Å². The van der Waals surface area contributed by atoms with Crippen LogP contribution in [-0.4, -0.2) is 65.0 Å². The second kappa shape index (κ2) is 12.7. The van der Waals surface area contributed by atoms with Crippen LogP contribution >= 0.6 is 0 Å².